The molecule has 10 heavy (non-hydrogen) atoms. The van der Waals surface area contributed by atoms with E-state index < -0.39 is 5.54 Å². The highest BCUT2D eigenvalue weighted by atomic mass is 16.9. The van der Waals surface area contributed by atoms with Crippen LogP contribution in [0.1, 0.15) is 13.8 Å². The Bertz CT molecular complexity index is 135. The Labute approximate surface area is 60.9 Å². The summed E-state index contributed by atoms with van der Waals surface area (Å²) in [5.74, 6) is 0. The third-order valence-corrected chi connectivity index (χ3v) is 1.06. The summed E-state index contributed by atoms with van der Waals surface area (Å²) in [6.07, 6.45) is 0. The number of nitrogens with zero attached hydrogens (tertiary/aromatic N) is 2. The molecule has 0 saturated heterocycles. The van der Waals surface area contributed by atoms with Crippen LogP contribution in [0.3, 0.4) is 0 Å². The molecule has 0 atom stereocenters. The van der Waals surface area contributed by atoms with Crippen molar-refractivity contribution in [3.63, 3.8) is 0 Å². The first-order valence-corrected chi connectivity index (χ1v) is 2.88. The SMILES string of the molecule is CON(OC)C(C)(C)C#N. The second-order valence-corrected chi connectivity index (χ2v) is 2.29. The summed E-state index contributed by atoms with van der Waals surface area (Å²) in [7, 11) is 2.89. The van der Waals surface area contributed by atoms with E-state index in [1.165, 1.54) is 14.2 Å². The molecule has 0 spiro atoms. The average Bonchev–Trinajstić information content (AvgIpc) is 1.90. The fourth-order valence-electron chi connectivity index (χ4n) is 0.572. The van der Waals surface area contributed by atoms with Crippen molar-refractivity contribution in [2.45, 2.75) is 19.4 Å². The molecule has 0 unspecified atom stereocenters. The molecule has 0 amide bonds. The fourth-order valence-corrected chi connectivity index (χ4v) is 0.572. The van der Waals surface area contributed by atoms with E-state index in [0.29, 0.717) is 0 Å². The van der Waals surface area contributed by atoms with Crippen molar-refractivity contribution in [1.82, 2.24) is 5.23 Å². The summed E-state index contributed by atoms with van der Waals surface area (Å²) in [6, 6.07) is 2.02. The van der Waals surface area contributed by atoms with Crippen molar-refractivity contribution in [2.24, 2.45) is 0 Å². The summed E-state index contributed by atoms with van der Waals surface area (Å²) >= 11 is 0. The van der Waals surface area contributed by atoms with Gasteiger partial charge in [0, 0.05) is 0 Å². The highest BCUT2D eigenvalue weighted by Crippen LogP contribution is 2.11. The maximum atomic E-state index is 8.57. The van der Waals surface area contributed by atoms with E-state index in [9.17, 15) is 0 Å². The Hall–Kier alpha value is -0.630. The minimum atomic E-state index is -0.747. The van der Waals surface area contributed by atoms with Crippen molar-refractivity contribution < 1.29 is 9.68 Å². The van der Waals surface area contributed by atoms with Crippen molar-refractivity contribution >= 4 is 0 Å². The van der Waals surface area contributed by atoms with Crippen molar-refractivity contribution in [3.8, 4) is 6.07 Å². The van der Waals surface area contributed by atoms with Crippen molar-refractivity contribution in [1.29, 1.82) is 5.26 Å². The van der Waals surface area contributed by atoms with Crippen molar-refractivity contribution in [2.75, 3.05) is 14.2 Å². The number of hydrogen-bond acceptors (Lipinski definition) is 4. The topological polar surface area (TPSA) is 45.5 Å². The summed E-state index contributed by atoms with van der Waals surface area (Å²) in [6.45, 7) is 3.39. The van der Waals surface area contributed by atoms with Crippen LogP contribution in [-0.2, 0) is 9.68 Å². The smallest absolute Gasteiger partial charge is 0.154 e. The third kappa shape index (κ3) is 1.95. The number of hydrogen-bond donors (Lipinski definition) is 0. The van der Waals surface area contributed by atoms with Crippen LogP contribution < -0.4 is 0 Å². The highest BCUT2D eigenvalue weighted by Gasteiger charge is 2.26. The van der Waals surface area contributed by atoms with E-state index in [0.717, 1.165) is 5.23 Å². The molecule has 0 heterocycles. The van der Waals surface area contributed by atoms with Gasteiger partial charge in [0.15, 0.2) is 5.54 Å². The maximum Gasteiger partial charge on any atom is 0.154 e. The van der Waals surface area contributed by atoms with Crippen LogP contribution in [0.25, 0.3) is 0 Å². The molecule has 0 aromatic heterocycles. The zero-order valence-corrected chi connectivity index (χ0v) is 6.71. The first-order chi connectivity index (χ1) is 4.58. The second kappa shape index (κ2) is 3.52. The minimum Gasteiger partial charge on any atom is -0.276 e. The Balaban J connectivity index is 4.15. The third-order valence-electron chi connectivity index (χ3n) is 1.06. The summed E-state index contributed by atoms with van der Waals surface area (Å²) < 4.78 is 0. The predicted molar refractivity (Wildman–Crippen MR) is 35.5 cm³/mol. The van der Waals surface area contributed by atoms with Crippen LogP contribution in [0.2, 0.25) is 0 Å². The standard InChI is InChI=1S/C6H12N2O2/c1-6(2,5-7)8(9-3)10-4/h1-4H3. The Kier molecular flexibility index (Phi) is 3.30. The highest BCUT2D eigenvalue weighted by molar-refractivity contribution is 4.97. The van der Waals surface area contributed by atoms with Gasteiger partial charge in [-0.15, -0.1) is 0 Å². The first kappa shape index (κ1) is 9.37. The van der Waals surface area contributed by atoms with Gasteiger partial charge in [-0.25, -0.2) is 0 Å². The number of hydroxylamine groups is 2. The number of nitriles is 1. The van der Waals surface area contributed by atoms with Gasteiger partial charge in [0.05, 0.1) is 20.3 Å². The average molecular weight is 144 g/mol. The largest absolute Gasteiger partial charge is 0.276 e. The Morgan fingerprint density at radius 2 is 1.70 bits per heavy atom. The quantitative estimate of drug-likeness (QED) is 0.547. The normalized spacial score (nSPS) is 11.6. The molecule has 0 aliphatic rings. The molecule has 0 radical (unpaired) electrons. The van der Waals surface area contributed by atoms with Crippen LogP contribution in [0.5, 0.6) is 0 Å². The van der Waals surface area contributed by atoms with Gasteiger partial charge < -0.3 is 0 Å². The van der Waals surface area contributed by atoms with Crippen LogP contribution in [0, 0.1) is 11.3 Å². The molecule has 0 saturated carbocycles. The molecule has 58 valence electrons. The molecule has 0 aliphatic carbocycles. The molecular formula is C6H12N2O2. The molecular weight excluding hydrogens is 132 g/mol. The second-order valence-electron chi connectivity index (χ2n) is 2.29. The summed E-state index contributed by atoms with van der Waals surface area (Å²) in [5.41, 5.74) is -0.747. The predicted octanol–water partition coefficient (Wildman–Crippen LogP) is 0.713. The molecule has 0 rings (SSSR count). The van der Waals surface area contributed by atoms with Crippen LogP contribution in [0.4, 0.5) is 0 Å². The van der Waals surface area contributed by atoms with Gasteiger partial charge in [0.25, 0.3) is 0 Å². The summed E-state index contributed by atoms with van der Waals surface area (Å²) in [4.78, 5) is 9.49. The zero-order chi connectivity index (χ0) is 8.20. The van der Waals surface area contributed by atoms with Gasteiger partial charge in [-0.2, -0.15) is 5.26 Å². The van der Waals surface area contributed by atoms with Gasteiger partial charge >= 0.3 is 0 Å². The molecule has 0 bridgehead atoms. The molecule has 0 fully saturated rings. The van der Waals surface area contributed by atoms with E-state index in [4.69, 9.17) is 14.9 Å². The van der Waals surface area contributed by atoms with Crippen LogP contribution in [-0.4, -0.2) is 25.0 Å². The molecule has 4 nitrogen and oxygen atoms in total. The van der Waals surface area contributed by atoms with E-state index in [-0.39, 0.29) is 0 Å². The summed E-state index contributed by atoms with van der Waals surface area (Å²) in [5, 5.41) is 9.71. The lowest BCUT2D eigenvalue weighted by molar-refractivity contribution is -0.374. The van der Waals surface area contributed by atoms with Gasteiger partial charge in [0.2, 0.25) is 0 Å². The molecule has 0 aliphatic heterocycles. The van der Waals surface area contributed by atoms with Gasteiger partial charge in [-0.3, -0.25) is 9.68 Å². The first-order valence-electron chi connectivity index (χ1n) is 2.88. The van der Waals surface area contributed by atoms with Gasteiger partial charge in [-0.1, -0.05) is 0 Å². The zero-order valence-electron chi connectivity index (χ0n) is 6.71. The van der Waals surface area contributed by atoms with Crippen LogP contribution >= 0.6 is 0 Å². The monoisotopic (exact) mass is 144 g/mol. The van der Waals surface area contributed by atoms with E-state index >= 15 is 0 Å². The lowest BCUT2D eigenvalue weighted by Crippen LogP contribution is -2.40. The van der Waals surface area contributed by atoms with Crippen LogP contribution in [0.15, 0.2) is 0 Å². The lowest BCUT2D eigenvalue weighted by atomic mass is 10.1. The van der Waals surface area contributed by atoms with E-state index in [1.807, 2.05) is 6.07 Å². The van der Waals surface area contributed by atoms with E-state index in [2.05, 4.69) is 0 Å². The molecule has 4 heteroatoms. The van der Waals surface area contributed by atoms with Crippen molar-refractivity contribution in [3.05, 3.63) is 0 Å². The molecule has 0 aromatic carbocycles. The Morgan fingerprint density at radius 1 is 1.30 bits per heavy atom. The Morgan fingerprint density at radius 3 is 1.80 bits per heavy atom. The van der Waals surface area contributed by atoms with E-state index in [1.54, 1.807) is 13.8 Å². The fraction of sp³-hybridized carbons (Fsp3) is 0.833. The maximum absolute atomic E-state index is 8.57. The molecule has 0 aromatic rings. The van der Waals surface area contributed by atoms with Gasteiger partial charge in [0.1, 0.15) is 0 Å². The lowest BCUT2D eigenvalue weighted by Gasteiger charge is -2.26. The van der Waals surface area contributed by atoms with Gasteiger partial charge in [-0.05, 0) is 19.1 Å². The number of rotatable bonds is 3. The molecule has 0 N–H and O–H groups in total. The minimum absolute atomic E-state index is 0.747.